The van der Waals surface area contributed by atoms with Crippen molar-refractivity contribution in [2.45, 2.75) is 123 Å². The number of hydrogen-bond donors (Lipinski definition) is 0. The van der Waals surface area contributed by atoms with Crippen molar-refractivity contribution in [3.05, 3.63) is 0 Å². The van der Waals surface area contributed by atoms with E-state index < -0.39 is 0 Å². The Hall–Kier alpha value is -0.0800. The number of unbranched alkanes of at least 4 members (excludes halogenated alkanes) is 15. The van der Waals surface area contributed by atoms with Crippen molar-refractivity contribution in [3.8, 4) is 0 Å². The Morgan fingerprint density at radius 1 is 0.565 bits per heavy atom. The second-order valence-electron chi connectivity index (χ2n) is 6.98. The quantitative estimate of drug-likeness (QED) is 0.183. The van der Waals surface area contributed by atoms with Gasteiger partial charge in [0.05, 0.1) is 0 Å². The molecule has 0 aliphatic rings. The molecule has 0 rings (SSSR count). The first-order valence-electron chi connectivity index (χ1n) is 10.5. The molecule has 0 aliphatic carbocycles. The van der Waals surface area contributed by atoms with E-state index in [1.165, 1.54) is 103 Å². The van der Waals surface area contributed by atoms with Crippen molar-refractivity contribution < 1.29 is 9.47 Å². The third-order valence-corrected chi connectivity index (χ3v) is 4.68. The van der Waals surface area contributed by atoms with Gasteiger partial charge in [-0.2, -0.15) is 0 Å². The van der Waals surface area contributed by atoms with Gasteiger partial charge in [-0.05, 0) is 13.3 Å². The van der Waals surface area contributed by atoms with Crippen LogP contribution in [-0.4, -0.2) is 20.0 Å². The number of methoxy groups -OCH3 is 1. The molecular formula is C21H44O2. The highest BCUT2D eigenvalue weighted by atomic mass is 16.7. The highest BCUT2D eigenvalue weighted by Gasteiger charge is 1.98. The molecule has 23 heavy (non-hydrogen) atoms. The van der Waals surface area contributed by atoms with Crippen LogP contribution in [0.1, 0.15) is 117 Å². The average molecular weight is 329 g/mol. The molecule has 0 fully saturated rings. The predicted molar refractivity (Wildman–Crippen MR) is 102 cm³/mol. The normalized spacial score (nSPS) is 12.7. The van der Waals surface area contributed by atoms with Gasteiger partial charge >= 0.3 is 0 Å². The Morgan fingerprint density at radius 3 is 1.26 bits per heavy atom. The molecule has 0 aliphatic heterocycles. The van der Waals surface area contributed by atoms with Crippen molar-refractivity contribution >= 4 is 0 Å². The van der Waals surface area contributed by atoms with E-state index in [4.69, 9.17) is 9.47 Å². The molecule has 0 spiro atoms. The van der Waals surface area contributed by atoms with Gasteiger partial charge in [-0.25, -0.2) is 0 Å². The first kappa shape index (κ1) is 22.9. The topological polar surface area (TPSA) is 18.5 Å². The van der Waals surface area contributed by atoms with Crippen LogP contribution in [0.5, 0.6) is 0 Å². The highest BCUT2D eigenvalue weighted by Crippen LogP contribution is 2.13. The fourth-order valence-electron chi connectivity index (χ4n) is 2.97. The van der Waals surface area contributed by atoms with E-state index in [9.17, 15) is 0 Å². The van der Waals surface area contributed by atoms with Crippen LogP contribution in [0.4, 0.5) is 0 Å². The maximum Gasteiger partial charge on any atom is 0.154 e. The van der Waals surface area contributed by atoms with Gasteiger partial charge in [-0.15, -0.1) is 0 Å². The Labute approximate surface area is 146 Å². The molecule has 1 unspecified atom stereocenters. The van der Waals surface area contributed by atoms with Crippen molar-refractivity contribution in [2.24, 2.45) is 0 Å². The molecule has 0 N–H and O–H groups in total. The summed E-state index contributed by atoms with van der Waals surface area (Å²) < 4.78 is 10.5. The number of rotatable bonds is 19. The average Bonchev–Trinajstić information content (AvgIpc) is 2.57. The summed E-state index contributed by atoms with van der Waals surface area (Å²) >= 11 is 0. The fraction of sp³-hybridized carbons (Fsp3) is 1.00. The van der Waals surface area contributed by atoms with E-state index in [2.05, 4.69) is 6.92 Å². The molecule has 0 saturated carbocycles. The zero-order valence-corrected chi connectivity index (χ0v) is 16.4. The van der Waals surface area contributed by atoms with Crippen molar-refractivity contribution in [2.75, 3.05) is 13.7 Å². The zero-order chi connectivity index (χ0) is 17.0. The predicted octanol–water partition coefficient (Wildman–Crippen LogP) is 7.26. The summed E-state index contributed by atoms with van der Waals surface area (Å²) in [6, 6.07) is 0. The number of hydrogen-bond acceptors (Lipinski definition) is 2. The van der Waals surface area contributed by atoms with Gasteiger partial charge in [0.25, 0.3) is 0 Å². The van der Waals surface area contributed by atoms with Gasteiger partial charge in [-0.1, -0.05) is 103 Å². The smallest absolute Gasteiger partial charge is 0.154 e. The van der Waals surface area contributed by atoms with Gasteiger partial charge < -0.3 is 9.47 Å². The van der Waals surface area contributed by atoms with Crippen molar-refractivity contribution in [1.29, 1.82) is 0 Å². The third kappa shape index (κ3) is 19.9. The highest BCUT2D eigenvalue weighted by molar-refractivity contribution is 4.50. The molecule has 1 atom stereocenters. The van der Waals surface area contributed by atoms with E-state index >= 15 is 0 Å². The maximum absolute atomic E-state index is 5.49. The second kappa shape index (κ2) is 20.0. The molecule has 140 valence electrons. The van der Waals surface area contributed by atoms with Crippen molar-refractivity contribution in [3.63, 3.8) is 0 Å². The molecule has 0 amide bonds. The summed E-state index contributed by atoms with van der Waals surface area (Å²) in [6.45, 7) is 5.08. The minimum absolute atomic E-state index is 0.0497. The van der Waals surface area contributed by atoms with Crippen LogP contribution in [0.3, 0.4) is 0 Å². The standard InChI is InChI=1S/C21H44O2/c1-4-5-6-7-8-9-10-11-12-13-14-15-16-17-18-19-20-23-21(2)22-3/h21H,4-20H2,1-3H3. The minimum atomic E-state index is -0.0497. The Morgan fingerprint density at radius 2 is 0.913 bits per heavy atom. The molecule has 0 aromatic rings. The lowest BCUT2D eigenvalue weighted by Gasteiger charge is -2.10. The van der Waals surface area contributed by atoms with Crippen molar-refractivity contribution in [1.82, 2.24) is 0 Å². The summed E-state index contributed by atoms with van der Waals surface area (Å²) in [4.78, 5) is 0. The van der Waals surface area contributed by atoms with E-state index in [1.807, 2.05) is 6.92 Å². The summed E-state index contributed by atoms with van der Waals surface area (Å²) in [5.41, 5.74) is 0. The van der Waals surface area contributed by atoms with Crippen LogP contribution in [0.15, 0.2) is 0 Å². The van der Waals surface area contributed by atoms with Crippen LogP contribution < -0.4 is 0 Å². The van der Waals surface area contributed by atoms with Gasteiger partial charge in [0, 0.05) is 13.7 Å². The molecule has 2 heteroatoms. The van der Waals surface area contributed by atoms with E-state index in [-0.39, 0.29) is 6.29 Å². The Bertz CT molecular complexity index is 206. The summed E-state index contributed by atoms with van der Waals surface area (Å²) in [6.07, 6.45) is 22.5. The largest absolute Gasteiger partial charge is 0.356 e. The number of ether oxygens (including phenoxy) is 2. The van der Waals surface area contributed by atoms with E-state index in [0.29, 0.717) is 0 Å². The monoisotopic (exact) mass is 328 g/mol. The molecule has 0 aromatic heterocycles. The van der Waals surface area contributed by atoms with Gasteiger partial charge in [0.1, 0.15) is 0 Å². The molecule has 0 saturated heterocycles. The molecule has 0 radical (unpaired) electrons. The van der Waals surface area contributed by atoms with Crippen LogP contribution in [0.25, 0.3) is 0 Å². The third-order valence-electron chi connectivity index (χ3n) is 4.68. The zero-order valence-electron chi connectivity index (χ0n) is 16.4. The lowest BCUT2D eigenvalue weighted by molar-refractivity contribution is -0.111. The SMILES string of the molecule is CCCCCCCCCCCCCCCCCCOC(C)OC. The summed E-state index contributed by atoms with van der Waals surface area (Å²) in [7, 11) is 1.69. The molecule has 2 nitrogen and oxygen atoms in total. The van der Waals surface area contributed by atoms with Gasteiger partial charge in [0.2, 0.25) is 0 Å². The van der Waals surface area contributed by atoms with Crippen LogP contribution in [0, 0.1) is 0 Å². The first-order valence-corrected chi connectivity index (χ1v) is 10.5. The Balaban J connectivity index is 2.97. The fourth-order valence-corrected chi connectivity index (χ4v) is 2.97. The summed E-state index contributed by atoms with van der Waals surface area (Å²) in [5.74, 6) is 0. The van der Waals surface area contributed by atoms with E-state index in [0.717, 1.165) is 6.61 Å². The molecule has 0 bridgehead atoms. The lowest BCUT2D eigenvalue weighted by atomic mass is 10.0. The van der Waals surface area contributed by atoms with Gasteiger partial charge in [-0.3, -0.25) is 0 Å². The summed E-state index contributed by atoms with van der Waals surface area (Å²) in [5, 5.41) is 0. The second-order valence-corrected chi connectivity index (χ2v) is 6.98. The molecule has 0 aromatic carbocycles. The van der Waals surface area contributed by atoms with Crippen LogP contribution >= 0.6 is 0 Å². The Kier molecular flexibility index (Phi) is 19.9. The minimum Gasteiger partial charge on any atom is -0.356 e. The van der Waals surface area contributed by atoms with Crippen LogP contribution in [-0.2, 0) is 9.47 Å². The first-order chi connectivity index (χ1) is 11.3. The lowest BCUT2D eigenvalue weighted by Crippen LogP contribution is -2.10. The molecule has 0 heterocycles. The van der Waals surface area contributed by atoms with Gasteiger partial charge in [0.15, 0.2) is 6.29 Å². The van der Waals surface area contributed by atoms with Crippen LogP contribution in [0.2, 0.25) is 0 Å². The maximum atomic E-state index is 5.49. The molecular weight excluding hydrogens is 284 g/mol. The van der Waals surface area contributed by atoms with E-state index in [1.54, 1.807) is 7.11 Å².